The highest BCUT2D eigenvalue weighted by Crippen LogP contribution is 2.35. The van der Waals surface area contributed by atoms with Crippen molar-refractivity contribution in [1.82, 2.24) is 9.97 Å². The Bertz CT molecular complexity index is 710. The number of aromatic nitrogens is 2. The van der Waals surface area contributed by atoms with Gasteiger partial charge in [-0.25, -0.2) is 4.98 Å². The molecule has 0 amide bonds. The summed E-state index contributed by atoms with van der Waals surface area (Å²) in [6.07, 6.45) is 5.21. The lowest BCUT2D eigenvalue weighted by molar-refractivity contribution is 0.404. The van der Waals surface area contributed by atoms with Crippen LogP contribution < -0.4 is 0 Å². The molecular weight excluding hydrogens is 260 g/mol. The van der Waals surface area contributed by atoms with Gasteiger partial charge in [-0.05, 0) is 35.9 Å². The molecule has 1 aromatic carbocycles. The summed E-state index contributed by atoms with van der Waals surface area (Å²) in [6.45, 7) is 0. The van der Waals surface area contributed by atoms with Gasteiger partial charge in [-0.2, -0.15) is 0 Å². The Morgan fingerprint density at radius 1 is 0.895 bits per heavy atom. The molecule has 0 radical (unpaired) electrons. The fourth-order valence-electron chi connectivity index (χ4n) is 1.71. The lowest BCUT2D eigenvalue weighted by Crippen LogP contribution is -1.74. The molecule has 0 unspecified atom stereocenters. The second-order valence-electron chi connectivity index (χ2n) is 3.97. The highest BCUT2D eigenvalue weighted by Gasteiger charge is 2.08. The highest BCUT2D eigenvalue weighted by atomic mass is 32.1. The summed E-state index contributed by atoms with van der Waals surface area (Å²) in [5, 5.41) is 19.7. The maximum atomic E-state index is 9.51. The van der Waals surface area contributed by atoms with E-state index >= 15 is 0 Å². The van der Waals surface area contributed by atoms with E-state index in [0.29, 0.717) is 0 Å². The Morgan fingerprint density at radius 3 is 2.42 bits per heavy atom. The van der Waals surface area contributed by atoms with E-state index in [1.807, 2.05) is 12.1 Å². The van der Waals surface area contributed by atoms with Crippen LogP contribution in [-0.4, -0.2) is 20.2 Å². The van der Waals surface area contributed by atoms with E-state index in [0.717, 1.165) is 21.0 Å². The zero-order valence-corrected chi connectivity index (χ0v) is 10.6. The van der Waals surface area contributed by atoms with E-state index in [4.69, 9.17) is 0 Å². The van der Waals surface area contributed by atoms with Crippen molar-refractivity contribution in [1.29, 1.82) is 0 Å². The van der Waals surface area contributed by atoms with Crippen LogP contribution in [0.1, 0.15) is 0 Å². The van der Waals surface area contributed by atoms with Gasteiger partial charge < -0.3 is 10.2 Å². The molecule has 0 aliphatic heterocycles. The molecule has 0 fully saturated rings. The minimum absolute atomic E-state index is 0.123. The van der Waals surface area contributed by atoms with Crippen molar-refractivity contribution in [2.45, 2.75) is 0 Å². The number of hydrogen-bond acceptors (Lipinski definition) is 5. The van der Waals surface area contributed by atoms with Crippen molar-refractivity contribution < 1.29 is 10.2 Å². The average Bonchev–Trinajstić information content (AvgIpc) is 2.93. The fraction of sp³-hybridized carbons (Fsp3) is 0. The van der Waals surface area contributed by atoms with Gasteiger partial charge in [0.25, 0.3) is 0 Å². The molecule has 2 N–H and O–H groups in total. The molecule has 0 bridgehead atoms. The van der Waals surface area contributed by atoms with Gasteiger partial charge in [0, 0.05) is 24.2 Å². The number of phenols is 2. The van der Waals surface area contributed by atoms with Crippen LogP contribution in [0.4, 0.5) is 0 Å². The summed E-state index contributed by atoms with van der Waals surface area (Å²) in [5.74, 6) is -0.251. The molecule has 4 nitrogen and oxygen atoms in total. The molecule has 0 aliphatic carbocycles. The number of phenolic OH excluding ortho intramolecular Hbond substituents is 2. The quantitative estimate of drug-likeness (QED) is 0.701. The smallest absolute Gasteiger partial charge is 0.158 e. The van der Waals surface area contributed by atoms with E-state index < -0.39 is 0 Å². The number of nitrogens with zero attached hydrogens (tertiary/aromatic N) is 2. The normalized spacial score (nSPS) is 10.5. The SMILES string of the molecule is Oc1ccc(-c2cnc(-c3ccncc3)s2)cc1O. The van der Waals surface area contributed by atoms with Crippen LogP contribution in [0, 0.1) is 0 Å². The van der Waals surface area contributed by atoms with Gasteiger partial charge in [0.15, 0.2) is 11.5 Å². The van der Waals surface area contributed by atoms with Crippen molar-refractivity contribution in [2.24, 2.45) is 0 Å². The number of thiazole rings is 1. The summed E-state index contributed by atoms with van der Waals surface area (Å²) >= 11 is 1.52. The van der Waals surface area contributed by atoms with Crippen LogP contribution in [0.25, 0.3) is 21.0 Å². The van der Waals surface area contributed by atoms with Crippen molar-refractivity contribution in [2.75, 3.05) is 0 Å². The molecule has 5 heteroatoms. The minimum Gasteiger partial charge on any atom is -0.504 e. The molecule has 0 saturated heterocycles. The van der Waals surface area contributed by atoms with E-state index in [1.165, 1.54) is 23.5 Å². The van der Waals surface area contributed by atoms with Gasteiger partial charge >= 0.3 is 0 Å². The van der Waals surface area contributed by atoms with Gasteiger partial charge in [-0.3, -0.25) is 4.98 Å². The first-order valence-corrected chi connectivity index (χ1v) is 6.44. The number of rotatable bonds is 2. The highest BCUT2D eigenvalue weighted by molar-refractivity contribution is 7.18. The summed E-state index contributed by atoms with van der Waals surface area (Å²) in [5.41, 5.74) is 1.84. The van der Waals surface area contributed by atoms with Crippen LogP contribution in [0.2, 0.25) is 0 Å². The zero-order chi connectivity index (χ0) is 13.2. The summed E-state index contributed by atoms with van der Waals surface area (Å²) < 4.78 is 0. The molecule has 0 saturated carbocycles. The predicted molar refractivity (Wildman–Crippen MR) is 74.1 cm³/mol. The Balaban J connectivity index is 1.99. The van der Waals surface area contributed by atoms with Gasteiger partial charge in [0.2, 0.25) is 0 Å². The standard InChI is InChI=1S/C14H10N2O2S/c17-11-2-1-10(7-12(11)18)13-8-16-14(19-13)9-3-5-15-6-4-9/h1-8,17-18H. The van der Waals surface area contributed by atoms with Crippen LogP contribution in [0.3, 0.4) is 0 Å². The molecule has 94 valence electrons. The van der Waals surface area contributed by atoms with E-state index in [1.54, 1.807) is 24.7 Å². The maximum absolute atomic E-state index is 9.51. The Labute approximate surface area is 113 Å². The predicted octanol–water partition coefficient (Wildman–Crippen LogP) is 3.28. The average molecular weight is 270 g/mol. The Hall–Kier alpha value is -2.40. The first kappa shape index (κ1) is 11.7. The van der Waals surface area contributed by atoms with Gasteiger partial charge in [-0.15, -0.1) is 11.3 Å². The number of aromatic hydroxyl groups is 2. The monoisotopic (exact) mass is 270 g/mol. The number of pyridine rings is 1. The van der Waals surface area contributed by atoms with Crippen molar-refractivity contribution in [3.05, 3.63) is 48.9 Å². The molecule has 0 atom stereocenters. The topological polar surface area (TPSA) is 66.2 Å². The number of benzene rings is 1. The molecule has 0 aliphatic rings. The summed E-state index contributed by atoms with van der Waals surface area (Å²) in [7, 11) is 0. The van der Waals surface area contributed by atoms with Crippen LogP contribution >= 0.6 is 11.3 Å². The van der Waals surface area contributed by atoms with E-state index in [9.17, 15) is 10.2 Å². The first-order chi connectivity index (χ1) is 9.24. The van der Waals surface area contributed by atoms with Gasteiger partial charge in [-0.1, -0.05) is 0 Å². The van der Waals surface area contributed by atoms with E-state index in [2.05, 4.69) is 9.97 Å². The molecule has 0 spiro atoms. The third kappa shape index (κ3) is 2.28. The summed E-state index contributed by atoms with van der Waals surface area (Å²) in [4.78, 5) is 9.27. The van der Waals surface area contributed by atoms with Crippen LogP contribution in [0.15, 0.2) is 48.9 Å². The lowest BCUT2D eigenvalue weighted by Gasteiger charge is -2.00. The van der Waals surface area contributed by atoms with Crippen LogP contribution in [0.5, 0.6) is 11.5 Å². The van der Waals surface area contributed by atoms with Crippen LogP contribution in [-0.2, 0) is 0 Å². The summed E-state index contributed by atoms with van der Waals surface area (Å²) in [6, 6.07) is 8.54. The molecule has 2 heterocycles. The molecule has 3 aromatic rings. The number of hydrogen-bond donors (Lipinski definition) is 2. The maximum Gasteiger partial charge on any atom is 0.158 e. The third-order valence-corrected chi connectivity index (χ3v) is 3.79. The zero-order valence-electron chi connectivity index (χ0n) is 9.82. The first-order valence-electron chi connectivity index (χ1n) is 5.62. The Kier molecular flexibility index (Phi) is 2.89. The fourth-order valence-corrected chi connectivity index (χ4v) is 2.63. The van der Waals surface area contributed by atoms with Gasteiger partial charge in [0.05, 0.1) is 4.88 Å². The Morgan fingerprint density at radius 2 is 1.68 bits per heavy atom. The molecule has 3 rings (SSSR count). The molecular formula is C14H10N2O2S. The molecule has 2 aromatic heterocycles. The van der Waals surface area contributed by atoms with Crippen molar-refractivity contribution in [3.63, 3.8) is 0 Å². The molecule has 19 heavy (non-hydrogen) atoms. The van der Waals surface area contributed by atoms with E-state index in [-0.39, 0.29) is 11.5 Å². The largest absolute Gasteiger partial charge is 0.504 e. The van der Waals surface area contributed by atoms with Crippen molar-refractivity contribution in [3.8, 4) is 32.5 Å². The second-order valence-corrected chi connectivity index (χ2v) is 5.00. The van der Waals surface area contributed by atoms with Gasteiger partial charge in [0.1, 0.15) is 5.01 Å². The second kappa shape index (κ2) is 4.70. The minimum atomic E-state index is -0.128. The third-order valence-electron chi connectivity index (χ3n) is 2.69. The lowest BCUT2D eigenvalue weighted by atomic mass is 10.2. The van der Waals surface area contributed by atoms with Crippen molar-refractivity contribution >= 4 is 11.3 Å².